The minimum atomic E-state index is -0.389. The van der Waals surface area contributed by atoms with Gasteiger partial charge in [0.2, 0.25) is 0 Å². The minimum Gasteiger partial charge on any atom is -0.341 e. The van der Waals surface area contributed by atoms with E-state index in [9.17, 15) is 10.1 Å². The number of nitriles is 1. The number of pyridine rings is 1. The van der Waals surface area contributed by atoms with Crippen molar-refractivity contribution in [1.29, 1.82) is 5.26 Å². The molecule has 0 aliphatic rings. The molecule has 2 aromatic heterocycles. The van der Waals surface area contributed by atoms with Crippen molar-refractivity contribution in [1.82, 2.24) is 9.24 Å². The first-order valence-corrected chi connectivity index (χ1v) is 9.24. The summed E-state index contributed by atoms with van der Waals surface area (Å²) in [5.74, 6) is 0. The van der Waals surface area contributed by atoms with Crippen LogP contribution in [0.3, 0.4) is 0 Å². The summed E-state index contributed by atoms with van der Waals surface area (Å²) in [6.07, 6.45) is 1.67. The fourth-order valence-corrected chi connectivity index (χ4v) is 3.78. The van der Waals surface area contributed by atoms with E-state index in [1.54, 1.807) is 19.2 Å². The number of para-hydroxylation sites is 1. The van der Waals surface area contributed by atoms with Gasteiger partial charge in [0, 0.05) is 34.0 Å². The Bertz CT molecular complexity index is 1350. The first-order chi connectivity index (χ1) is 13.5. The van der Waals surface area contributed by atoms with Crippen molar-refractivity contribution < 1.29 is 0 Å². The Morgan fingerprint density at radius 1 is 1.07 bits per heavy atom. The number of fused-ring (bicyclic) bond motifs is 3. The average Bonchev–Trinajstić information content (AvgIpc) is 3.01. The van der Waals surface area contributed by atoms with E-state index in [2.05, 4.69) is 46.9 Å². The van der Waals surface area contributed by atoms with Gasteiger partial charge in [-0.15, -0.1) is 0 Å². The molecule has 0 N–H and O–H groups in total. The van der Waals surface area contributed by atoms with Crippen LogP contribution in [0.4, 0.5) is 0 Å². The van der Waals surface area contributed by atoms with E-state index >= 15 is 0 Å². The highest BCUT2D eigenvalue weighted by molar-refractivity contribution is 6.09. The first-order valence-electron chi connectivity index (χ1n) is 9.24. The lowest BCUT2D eigenvalue weighted by atomic mass is 10.1. The third kappa shape index (κ3) is 2.71. The third-order valence-electron chi connectivity index (χ3n) is 5.11. The van der Waals surface area contributed by atoms with Crippen LogP contribution < -0.4 is 5.56 Å². The van der Waals surface area contributed by atoms with E-state index in [0.717, 1.165) is 17.5 Å². The van der Waals surface area contributed by atoms with Gasteiger partial charge in [-0.2, -0.15) is 10.4 Å². The summed E-state index contributed by atoms with van der Waals surface area (Å²) < 4.78 is 3.57. The zero-order valence-electron chi connectivity index (χ0n) is 16.1. The van der Waals surface area contributed by atoms with Gasteiger partial charge in [-0.05, 0) is 56.2 Å². The lowest BCUT2D eigenvalue weighted by Crippen LogP contribution is -2.22. The number of benzene rings is 2. The van der Waals surface area contributed by atoms with Crippen molar-refractivity contribution >= 4 is 28.0 Å². The molecule has 0 radical (unpaired) electrons. The van der Waals surface area contributed by atoms with E-state index in [1.165, 1.54) is 21.1 Å². The van der Waals surface area contributed by atoms with Gasteiger partial charge in [0.05, 0.1) is 6.21 Å². The SMILES string of the molecule is CCn1c2ccccc2c2cc(/C=N\n3c(C)cc(C)c(C#N)c3=O)ccc21. The van der Waals surface area contributed by atoms with Gasteiger partial charge in [0.15, 0.2) is 0 Å². The normalized spacial score (nSPS) is 11.5. The molecule has 4 rings (SSSR count). The highest BCUT2D eigenvalue weighted by Crippen LogP contribution is 2.29. The lowest BCUT2D eigenvalue weighted by Gasteiger charge is -2.06. The predicted octanol–water partition coefficient (Wildman–Crippen LogP) is 4.35. The van der Waals surface area contributed by atoms with Crippen molar-refractivity contribution in [2.24, 2.45) is 5.10 Å². The second-order valence-electron chi connectivity index (χ2n) is 6.86. The number of aromatic nitrogens is 2. The van der Waals surface area contributed by atoms with Crippen molar-refractivity contribution in [3.05, 3.63) is 81.3 Å². The van der Waals surface area contributed by atoms with Gasteiger partial charge in [-0.1, -0.05) is 24.3 Å². The predicted molar refractivity (Wildman–Crippen MR) is 113 cm³/mol. The summed E-state index contributed by atoms with van der Waals surface area (Å²) in [5, 5.41) is 15.9. The summed E-state index contributed by atoms with van der Waals surface area (Å²) in [6.45, 7) is 6.61. The fraction of sp³-hybridized carbons (Fsp3) is 0.174. The molecule has 0 aliphatic carbocycles. The van der Waals surface area contributed by atoms with E-state index in [0.29, 0.717) is 11.3 Å². The lowest BCUT2D eigenvalue weighted by molar-refractivity contribution is 0.786. The van der Waals surface area contributed by atoms with Gasteiger partial charge < -0.3 is 4.57 Å². The molecule has 0 bridgehead atoms. The minimum absolute atomic E-state index is 0.129. The largest absolute Gasteiger partial charge is 0.341 e. The fourth-order valence-electron chi connectivity index (χ4n) is 3.78. The molecule has 28 heavy (non-hydrogen) atoms. The molecular formula is C23H20N4O. The molecule has 5 heteroatoms. The molecule has 0 fully saturated rings. The zero-order valence-corrected chi connectivity index (χ0v) is 16.1. The maximum absolute atomic E-state index is 12.5. The smallest absolute Gasteiger partial charge is 0.289 e. The quantitative estimate of drug-likeness (QED) is 0.505. The molecular weight excluding hydrogens is 348 g/mol. The van der Waals surface area contributed by atoms with E-state index in [4.69, 9.17) is 0 Å². The average molecular weight is 368 g/mol. The molecule has 0 aliphatic heterocycles. The van der Waals surface area contributed by atoms with E-state index < -0.39 is 0 Å². The molecule has 0 spiro atoms. The Balaban J connectivity index is 1.85. The van der Waals surface area contributed by atoms with Crippen LogP contribution in [-0.4, -0.2) is 15.5 Å². The number of hydrogen-bond acceptors (Lipinski definition) is 3. The Morgan fingerprint density at radius 3 is 2.57 bits per heavy atom. The van der Waals surface area contributed by atoms with E-state index in [-0.39, 0.29) is 11.1 Å². The van der Waals surface area contributed by atoms with Gasteiger partial charge in [0.1, 0.15) is 11.6 Å². The van der Waals surface area contributed by atoms with Crippen molar-refractivity contribution in [2.45, 2.75) is 27.3 Å². The second-order valence-corrected chi connectivity index (χ2v) is 6.86. The highest BCUT2D eigenvalue weighted by Gasteiger charge is 2.10. The Hall–Kier alpha value is -3.65. The van der Waals surface area contributed by atoms with Crippen LogP contribution in [0.5, 0.6) is 0 Å². The maximum Gasteiger partial charge on any atom is 0.289 e. The van der Waals surface area contributed by atoms with Gasteiger partial charge in [0.25, 0.3) is 5.56 Å². The summed E-state index contributed by atoms with van der Waals surface area (Å²) in [7, 11) is 0. The van der Waals surface area contributed by atoms with Crippen LogP contribution in [0.25, 0.3) is 21.8 Å². The molecule has 2 aromatic carbocycles. The topological polar surface area (TPSA) is 63.1 Å². The molecule has 0 saturated heterocycles. The molecule has 0 saturated carbocycles. The van der Waals surface area contributed by atoms with Gasteiger partial charge in [-0.25, -0.2) is 4.68 Å². The van der Waals surface area contributed by atoms with Crippen molar-refractivity contribution in [3.8, 4) is 6.07 Å². The van der Waals surface area contributed by atoms with E-state index in [1.807, 2.05) is 25.1 Å². The van der Waals surface area contributed by atoms with Crippen molar-refractivity contribution in [2.75, 3.05) is 0 Å². The summed E-state index contributed by atoms with van der Waals surface area (Å²) >= 11 is 0. The summed E-state index contributed by atoms with van der Waals surface area (Å²) in [4.78, 5) is 12.5. The number of rotatable bonds is 3. The standard InChI is InChI=1S/C23H20N4O/c1-4-26-21-8-6-5-7-18(21)19-12-17(9-10-22(19)26)14-25-27-16(3)11-15(2)20(13-24)23(27)28/h5-12,14H,4H2,1-3H3/b25-14-. The Labute approximate surface area is 162 Å². The second kappa shape index (κ2) is 6.82. The first kappa shape index (κ1) is 17.7. The van der Waals surface area contributed by atoms with Crippen LogP contribution >= 0.6 is 0 Å². The molecule has 0 amide bonds. The Kier molecular flexibility index (Phi) is 4.32. The van der Waals surface area contributed by atoms with Crippen molar-refractivity contribution in [3.63, 3.8) is 0 Å². The van der Waals surface area contributed by atoms with Gasteiger partial charge in [-0.3, -0.25) is 4.79 Å². The highest BCUT2D eigenvalue weighted by atomic mass is 16.1. The molecule has 0 unspecified atom stereocenters. The summed E-state index contributed by atoms with van der Waals surface area (Å²) in [5.41, 5.74) is 4.39. The van der Waals surface area contributed by atoms with Crippen LogP contribution in [-0.2, 0) is 6.54 Å². The summed E-state index contributed by atoms with van der Waals surface area (Å²) in [6, 6.07) is 18.3. The molecule has 0 atom stereocenters. The molecule has 4 aromatic rings. The van der Waals surface area contributed by atoms with Crippen LogP contribution in [0.2, 0.25) is 0 Å². The molecule has 2 heterocycles. The van der Waals surface area contributed by atoms with Gasteiger partial charge >= 0.3 is 0 Å². The molecule has 138 valence electrons. The molecule has 5 nitrogen and oxygen atoms in total. The maximum atomic E-state index is 12.5. The number of aryl methyl sites for hydroxylation is 3. The Morgan fingerprint density at radius 2 is 1.82 bits per heavy atom. The van der Waals surface area contributed by atoms with Crippen LogP contribution in [0.1, 0.15) is 29.3 Å². The van der Waals surface area contributed by atoms with Crippen LogP contribution in [0, 0.1) is 25.2 Å². The number of hydrogen-bond donors (Lipinski definition) is 0. The number of nitrogens with zero attached hydrogens (tertiary/aromatic N) is 4. The third-order valence-corrected chi connectivity index (χ3v) is 5.11. The zero-order chi connectivity index (χ0) is 19.8. The van der Waals surface area contributed by atoms with Crippen LogP contribution in [0.15, 0.2) is 58.4 Å². The monoisotopic (exact) mass is 368 g/mol.